The molecule has 38 heavy (non-hydrogen) atoms. The normalized spacial score (nSPS) is 21.2. The number of ketones is 1. The van der Waals surface area contributed by atoms with Gasteiger partial charge >= 0.3 is 0 Å². The minimum atomic E-state index is -0.322. The van der Waals surface area contributed by atoms with Crippen molar-refractivity contribution in [1.82, 2.24) is 9.55 Å². The molecule has 2 aromatic carbocycles. The molecule has 0 bridgehead atoms. The largest absolute Gasteiger partial charge is 0.375 e. The number of hydrogen-bond donors (Lipinski definition) is 0. The molecular weight excluding hydrogens is 516 g/mol. The van der Waals surface area contributed by atoms with Crippen molar-refractivity contribution in [1.29, 1.82) is 0 Å². The van der Waals surface area contributed by atoms with E-state index >= 15 is 0 Å². The van der Waals surface area contributed by atoms with Crippen LogP contribution < -0.4 is 5.56 Å². The number of aromatic nitrogens is 2. The molecule has 3 aliphatic rings. The fraction of sp³-hybridized carbons (Fsp3) is 0.452. The highest BCUT2D eigenvalue weighted by atomic mass is 35.5. The molecule has 1 atom stereocenters. The second-order valence-electron chi connectivity index (χ2n) is 11.6. The summed E-state index contributed by atoms with van der Waals surface area (Å²) in [5.74, 6) is 0.192. The van der Waals surface area contributed by atoms with Crippen molar-refractivity contribution in [3.05, 3.63) is 80.6 Å². The molecule has 5 nitrogen and oxygen atoms in total. The molecule has 2 aliphatic carbocycles. The number of benzene rings is 2. The highest BCUT2D eigenvalue weighted by Gasteiger charge is 2.45. The van der Waals surface area contributed by atoms with Crippen LogP contribution in [0.15, 0.2) is 58.5 Å². The summed E-state index contributed by atoms with van der Waals surface area (Å²) in [6, 6.07) is 15.3. The first-order chi connectivity index (χ1) is 18.3. The van der Waals surface area contributed by atoms with Gasteiger partial charge in [0.1, 0.15) is 0 Å². The van der Waals surface area contributed by atoms with Crippen LogP contribution in [0.2, 0.25) is 5.02 Å². The summed E-state index contributed by atoms with van der Waals surface area (Å²) in [4.78, 5) is 33.0. The van der Waals surface area contributed by atoms with Gasteiger partial charge in [-0.2, -0.15) is 0 Å². The third kappa shape index (κ3) is 4.65. The van der Waals surface area contributed by atoms with Gasteiger partial charge in [0.2, 0.25) is 0 Å². The van der Waals surface area contributed by atoms with Crippen molar-refractivity contribution in [3.63, 3.8) is 0 Å². The Kier molecular flexibility index (Phi) is 6.78. The summed E-state index contributed by atoms with van der Waals surface area (Å²) < 4.78 is 7.93. The van der Waals surface area contributed by atoms with Gasteiger partial charge in [-0.05, 0) is 75.8 Å². The van der Waals surface area contributed by atoms with Crippen molar-refractivity contribution in [2.45, 2.75) is 81.0 Å². The Morgan fingerprint density at radius 1 is 1.13 bits per heavy atom. The van der Waals surface area contributed by atoms with E-state index in [1.807, 2.05) is 10.6 Å². The van der Waals surface area contributed by atoms with Gasteiger partial charge in [0, 0.05) is 34.2 Å². The first kappa shape index (κ1) is 25.8. The van der Waals surface area contributed by atoms with E-state index in [2.05, 4.69) is 32.0 Å². The number of fused-ring (bicyclic) bond motifs is 4. The van der Waals surface area contributed by atoms with Gasteiger partial charge in [0.25, 0.3) is 5.56 Å². The predicted molar refractivity (Wildman–Crippen MR) is 153 cm³/mol. The average Bonchev–Trinajstić information content (AvgIpc) is 3.35. The summed E-state index contributed by atoms with van der Waals surface area (Å²) in [6.07, 6.45) is 6.70. The molecule has 6 rings (SSSR count). The van der Waals surface area contributed by atoms with E-state index in [9.17, 15) is 9.59 Å². The van der Waals surface area contributed by atoms with Gasteiger partial charge in [-0.1, -0.05) is 60.5 Å². The second kappa shape index (κ2) is 9.96. The topological polar surface area (TPSA) is 61.2 Å². The summed E-state index contributed by atoms with van der Waals surface area (Å²) in [5.41, 5.74) is 4.26. The Bertz CT molecular complexity index is 1440. The lowest BCUT2D eigenvalue weighted by Gasteiger charge is -2.40. The average molecular weight is 549 g/mol. The number of carbonyl (C=O) groups is 1. The molecule has 2 heterocycles. The van der Waals surface area contributed by atoms with Crippen LogP contribution in [0.1, 0.15) is 79.9 Å². The minimum Gasteiger partial charge on any atom is -0.375 e. The third-order valence-electron chi connectivity index (χ3n) is 8.51. The van der Waals surface area contributed by atoms with Crippen LogP contribution in [-0.4, -0.2) is 33.3 Å². The molecule has 2 fully saturated rings. The van der Waals surface area contributed by atoms with Crippen LogP contribution in [0.4, 0.5) is 0 Å². The van der Waals surface area contributed by atoms with Gasteiger partial charge in [0.05, 0.1) is 22.6 Å². The summed E-state index contributed by atoms with van der Waals surface area (Å²) in [6.45, 7) is 4.77. The van der Waals surface area contributed by atoms with Crippen LogP contribution in [-0.2, 0) is 16.6 Å². The molecule has 0 radical (unpaired) electrons. The Morgan fingerprint density at radius 3 is 2.61 bits per heavy atom. The van der Waals surface area contributed by atoms with Crippen molar-refractivity contribution < 1.29 is 9.53 Å². The number of rotatable bonds is 5. The summed E-state index contributed by atoms with van der Waals surface area (Å²) in [5, 5.41) is 1.23. The maximum Gasteiger partial charge on any atom is 0.258 e. The quantitative estimate of drug-likeness (QED) is 0.194. The van der Waals surface area contributed by atoms with Crippen LogP contribution in [0.5, 0.6) is 0 Å². The van der Waals surface area contributed by atoms with E-state index in [1.54, 1.807) is 24.3 Å². The highest BCUT2D eigenvalue weighted by molar-refractivity contribution is 7.99. The molecule has 198 valence electrons. The first-order valence-electron chi connectivity index (χ1n) is 13.6. The van der Waals surface area contributed by atoms with Crippen molar-refractivity contribution in [2.24, 2.45) is 0 Å². The lowest BCUT2D eigenvalue weighted by Crippen LogP contribution is -2.44. The van der Waals surface area contributed by atoms with Gasteiger partial charge in [-0.25, -0.2) is 4.98 Å². The second-order valence-corrected chi connectivity index (χ2v) is 13.0. The molecule has 1 spiro atoms. The standard InChI is InChI=1S/C31H33ClN2O3S/c1-30(2)18-23(13-16-37-30)34-28(36)26-27(24-8-4-3-7-21(24)17-31(26)14-5-6-15-31)33-29(34)38-19-25(35)20-9-11-22(32)12-10-20/h3-4,7-12,23H,5-6,13-19H2,1-2H3. The highest BCUT2D eigenvalue weighted by Crippen LogP contribution is 2.50. The van der Waals surface area contributed by atoms with Crippen molar-refractivity contribution in [2.75, 3.05) is 12.4 Å². The number of ether oxygens (including phenoxy) is 1. The van der Waals surface area contributed by atoms with Crippen LogP contribution in [0.25, 0.3) is 11.3 Å². The molecule has 1 saturated heterocycles. The summed E-state index contributed by atoms with van der Waals surface area (Å²) in [7, 11) is 0. The fourth-order valence-electron chi connectivity index (χ4n) is 6.72. The zero-order valence-electron chi connectivity index (χ0n) is 22.0. The van der Waals surface area contributed by atoms with Gasteiger partial charge in [0.15, 0.2) is 10.9 Å². The molecule has 1 aromatic heterocycles. The van der Waals surface area contributed by atoms with Gasteiger partial charge < -0.3 is 4.74 Å². The number of carbonyl (C=O) groups excluding carboxylic acids is 1. The van der Waals surface area contributed by atoms with Crippen LogP contribution in [0, 0.1) is 0 Å². The van der Waals surface area contributed by atoms with E-state index in [4.69, 9.17) is 21.3 Å². The zero-order valence-corrected chi connectivity index (χ0v) is 23.5. The molecule has 1 aliphatic heterocycles. The molecule has 0 amide bonds. The minimum absolute atomic E-state index is 0.00911. The fourth-order valence-corrected chi connectivity index (χ4v) is 7.80. The van der Waals surface area contributed by atoms with Gasteiger partial charge in [-0.15, -0.1) is 0 Å². The smallest absolute Gasteiger partial charge is 0.258 e. The Balaban J connectivity index is 1.48. The monoisotopic (exact) mass is 548 g/mol. The lowest BCUT2D eigenvalue weighted by atomic mass is 9.68. The van der Waals surface area contributed by atoms with E-state index < -0.39 is 0 Å². The number of thioether (sulfide) groups is 1. The maximum atomic E-state index is 14.6. The van der Waals surface area contributed by atoms with E-state index in [1.165, 1.54) is 17.3 Å². The Labute approximate surface area is 233 Å². The molecule has 1 unspecified atom stereocenters. The van der Waals surface area contributed by atoms with E-state index in [0.29, 0.717) is 22.3 Å². The van der Waals surface area contributed by atoms with E-state index in [-0.39, 0.29) is 34.2 Å². The SMILES string of the molecule is CC1(C)CC(n2c(SCC(=O)c3ccc(Cl)cc3)nc3c(c2=O)C2(CCCC2)Cc2ccccc2-3)CCO1. The van der Waals surface area contributed by atoms with Crippen molar-refractivity contribution >= 4 is 29.1 Å². The van der Waals surface area contributed by atoms with Gasteiger partial charge in [-0.3, -0.25) is 14.2 Å². The third-order valence-corrected chi connectivity index (χ3v) is 9.71. The van der Waals surface area contributed by atoms with E-state index in [0.717, 1.165) is 61.8 Å². The van der Waals surface area contributed by atoms with Crippen LogP contribution in [0.3, 0.4) is 0 Å². The predicted octanol–water partition coefficient (Wildman–Crippen LogP) is 7.04. The zero-order chi connectivity index (χ0) is 26.5. The number of halogens is 1. The van der Waals surface area contributed by atoms with Crippen LogP contribution >= 0.6 is 23.4 Å². The first-order valence-corrected chi connectivity index (χ1v) is 14.9. The Hall–Kier alpha value is -2.41. The number of nitrogens with zero attached hydrogens (tertiary/aromatic N) is 2. The molecule has 1 saturated carbocycles. The molecular formula is C31H33ClN2O3S. The molecule has 7 heteroatoms. The Morgan fingerprint density at radius 2 is 1.87 bits per heavy atom. The lowest BCUT2D eigenvalue weighted by molar-refractivity contribution is -0.0710. The molecule has 3 aromatic rings. The number of hydrogen-bond acceptors (Lipinski definition) is 5. The summed E-state index contributed by atoms with van der Waals surface area (Å²) >= 11 is 7.39. The molecule has 0 N–H and O–H groups in total. The maximum absolute atomic E-state index is 14.6. The number of Topliss-reactive ketones (excluding diaryl/α,β-unsaturated/α-hetero) is 1. The van der Waals surface area contributed by atoms with Crippen molar-refractivity contribution in [3.8, 4) is 11.3 Å².